The van der Waals surface area contributed by atoms with Crippen LogP contribution in [0, 0.1) is 5.92 Å². The molecule has 1 aliphatic carbocycles. The zero-order valence-corrected chi connectivity index (χ0v) is 15.0. The van der Waals surface area contributed by atoms with Crippen LogP contribution in [0.4, 0.5) is 5.82 Å². The number of aryl methyl sites for hydroxylation is 1. The Morgan fingerprint density at radius 2 is 2.08 bits per heavy atom. The predicted molar refractivity (Wildman–Crippen MR) is 95.3 cm³/mol. The Morgan fingerprint density at radius 3 is 2.71 bits per heavy atom. The molecule has 0 unspecified atom stereocenters. The minimum absolute atomic E-state index is 0.234. The molecule has 0 amide bonds. The number of rotatable bonds is 6. The predicted octanol–water partition coefficient (Wildman–Crippen LogP) is 1.41. The summed E-state index contributed by atoms with van der Waals surface area (Å²) in [6, 6.07) is 0.333. The molecule has 1 aromatic rings. The van der Waals surface area contributed by atoms with Crippen molar-refractivity contribution >= 4 is 5.82 Å². The van der Waals surface area contributed by atoms with Gasteiger partial charge in [-0.05, 0) is 12.3 Å². The highest BCUT2D eigenvalue weighted by atomic mass is 16.5. The van der Waals surface area contributed by atoms with Crippen molar-refractivity contribution in [1.82, 2.24) is 15.1 Å². The second-order valence-electron chi connectivity index (χ2n) is 7.12. The van der Waals surface area contributed by atoms with Gasteiger partial charge in [-0.15, -0.1) is 0 Å². The lowest BCUT2D eigenvalue weighted by atomic mass is 10.0. The number of aliphatic hydroxyl groups is 1. The van der Waals surface area contributed by atoms with Crippen molar-refractivity contribution in [2.75, 3.05) is 37.8 Å². The van der Waals surface area contributed by atoms with Crippen LogP contribution in [0.25, 0.3) is 0 Å². The molecule has 134 valence electrons. The summed E-state index contributed by atoms with van der Waals surface area (Å²) < 4.78 is 7.53. The van der Waals surface area contributed by atoms with Crippen molar-refractivity contribution in [1.29, 1.82) is 0 Å². The maximum absolute atomic E-state index is 9.29. The van der Waals surface area contributed by atoms with Crippen LogP contribution in [-0.2, 0) is 18.3 Å². The molecule has 2 aliphatic rings. The minimum atomic E-state index is 0.234. The highest BCUT2D eigenvalue weighted by Crippen LogP contribution is 2.29. The van der Waals surface area contributed by atoms with E-state index in [9.17, 15) is 5.11 Å². The fourth-order valence-electron chi connectivity index (χ4n) is 3.68. The van der Waals surface area contributed by atoms with Crippen LogP contribution < -0.4 is 10.2 Å². The standard InChI is InChI=1S/C18H30N4O2/c1-13(2)17-16(11-19-15-5-4-14(10-15)12-23)18(21(3)20-17)22-6-8-24-9-7-22/h4-5,13-15,19,23H,6-12H2,1-3H3/t14-,15+/m0/s1. The average molecular weight is 334 g/mol. The summed E-state index contributed by atoms with van der Waals surface area (Å²) in [6.07, 6.45) is 5.27. The Bertz CT molecular complexity index is 576. The number of ether oxygens (including phenoxy) is 1. The third-order valence-electron chi connectivity index (χ3n) is 4.95. The summed E-state index contributed by atoms with van der Waals surface area (Å²) in [7, 11) is 2.04. The molecule has 0 bridgehead atoms. The molecule has 1 saturated heterocycles. The van der Waals surface area contributed by atoms with Gasteiger partial charge in [-0.3, -0.25) is 4.68 Å². The van der Waals surface area contributed by atoms with Crippen LogP contribution >= 0.6 is 0 Å². The summed E-state index contributed by atoms with van der Waals surface area (Å²) >= 11 is 0. The first kappa shape index (κ1) is 17.5. The monoisotopic (exact) mass is 334 g/mol. The molecule has 0 spiro atoms. The number of aromatic nitrogens is 2. The van der Waals surface area contributed by atoms with Crippen LogP contribution in [0.15, 0.2) is 12.2 Å². The molecule has 0 saturated carbocycles. The Labute approximate surface area is 144 Å². The summed E-state index contributed by atoms with van der Waals surface area (Å²) in [5, 5.41) is 17.7. The second-order valence-corrected chi connectivity index (χ2v) is 7.12. The van der Waals surface area contributed by atoms with Gasteiger partial charge >= 0.3 is 0 Å². The van der Waals surface area contributed by atoms with Gasteiger partial charge in [0.1, 0.15) is 5.82 Å². The van der Waals surface area contributed by atoms with Gasteiger partial charge in [-0.2, -0.15) is 5.10 Å². The Morgan fingerprint density at radius 1 is 1.33 bits per heavy atom. The molecular formula is C18H30N4O2. The molecule has 2 atom stereocenters. The fraction of sp³-hybridized carbons (Fsp3) is 0.722. The molecule has 3 rings (SSSR count). The summed E-state index contributed by atoms with van der Waals surface area (Å²) in [5.74, 6) is 1.90. The summed E-state index contributed by atoms with van der Waals surface area (Å²) in [5.41, 5.74) is 2.47. The molecule has 0 aromatic carbocycles. The van der Waals surface area contributed by atoms with Crippen LogP contribution in [0.5, 0.6) is 0 Å². The third kappa shape index (κ3) is 3.66. The quantitative estimate of drug-likeness (QED) is 0.770. The smallest absolute Gasteiger partial charge is 0.131 e. The molecule has 0 radical (unpaired) electrons. The third-order valence-corrected chi connectivity index (χ3v) is 4.95. The fourth-order valence-corrected chi connectivity index (χ4v) is 3.68. The van der Waals surface area contributed by atoms with Gasteiger partial charge in [0, 0.05) is 50.8 Å². The normalized spacial score (nSPS) is 24.3. The van der Waals surface area contributed by atoms with Gasteiger partial charge in [-0.25, -0.2) is 0 Å². The Balaban J connectivity index is 1.78. The molecule has 24 heavy (non-hydrogen) atoms. The molecule has 2 N–H and O–H groups in total. The zero-order chi connectivity index (χ0) is 17.1. The largest absolute Gasteiger partial charge is 0.396 e. The van der Waals surface area contributed by atoms with Gasteiger partial charge in [0.15, 0.2) is 0 Å². The van der Waals surface area contributed by atoms with Crippen molar-refractivity contribution in [3.05, 3.63) is 23.4 Å². The number of anilines is 1. The molecule has 1 fully saturated rings. The number of hydrogen-bond acceptors (Lipinski definition) is 5. The molecular weight excluding hydrogens is 304 g/mol. The lowest BCUT2D eigenvalue weighted by Crippen LogP contribution is -2.38. The van der Waals surface area contributed by atoms with Crippen LogP contribution in [-0.4, -0.2) is 53.8 Å². The van der Waals surface area contributed by atoms with E-state index in [1.807, 2.05) is 11.7 Å². The zero-order valence-electron chi connectivity index (χ0n) is 15.0. The minimum Gasteiger partial charge on any atom is -0.396 e. The number of nitrogens with one attached hydrogen (secondary N) is 1. The van der Waals surface area contributed by atoms with Crippen molar-refractivity contribution in [3.63, 3.8) is 0 Å². The molecule has 6 heteroatoms. The first-order valence-electron chi connectivity index (χ1n) is 9.01. The molecule has 6 nitrogen and oxygen atoms in total. The van der Waals surface area contributed by atoms with Gasteiger partial charge in [0.05, 0.1) is 18.9 Å². The van der Waals surface area contributed by atoms with Crippen molar-refractivity contribution in [2.45, 2.75) is 38.8 Å². The van der Waals surface area contributed by atoms with Crippen molar-refractivity contribution in [2.24, 2.45) is 13.0 Å². The first-order chi connectivity index (χ1) is 11.6. The van der Waals surface area contributed by atoms with E-state index in [4.69, 9.17) is 9.84 Å². The van der Waals surface area contributed by atoms with Crippen molar-refractivity contribution < 1.29 is 9.84 Å². The topological polar surface area (TPSA) is 62.5 Å². The van der Waals surface area contributed by atoms with Crippen LogP contribution in [0.2, 0.25) is 0 Å². The molecule has 1 aromatic heterocycles. The van der Waals surface area contributed by atoms with E-state index in [1.165, 1.54) is 17.1 Å². The van der Waals surface area contributed by atoms with Gasteiger partial charge in [0.2, 0.25) is 0 Å². The lowest BCUT2D eigenvalue weighted by molar-refractivity contribution is 0.122. The van der Waals surface area contributed by atoms with E-state index in [0.717, 1.165) is 39.3 Å². The van der Waals surface area contributed by atoms with E-state index >= 15 is 0 Å². The van der Waals surface area contributed by atoms with Crippen LogP contribution in [0.3, 0.4) is 0 Å². The first-order valence-corrected chi connectivity index (χ1v) is 9.01. The van der Waals surface area contributed by atoms with E-state index in [-0.39, 0.29) is 6.61 Å². The Kier molecular flexibility index (Phi) is 5.58. The second kappa shape index (κ2) is 7.68. The number of aliphatic hydroxyl groups excluding tert-OH is 1. The summed E-state index contributed by atoms with van der Waals surface area (Å²) in [4.78, 5) is 2.39. The van der Waals surface area contributed by atoms with E-state index in [0.29, 0.717) is 17.9 Å². The van der Waals surface area contributed by atoms with E-state index in [1.54, 1.807) is 0 Å². The maximum atomic E-state index is 9.29. The summed E-state index contributed by atoms with van der Waals surface area (Å²) in [6.45, 7) is 8.83. The van der Waals surface area contributed by atoms with E-state index < -0.39 is 0 Å². The Hall–Kier alpha value is -1.37. The van der Waals surface area contributed by atoms with E-state index in [2.05, 4.69) is 36.2 Å². The average Bonchev–Trinajstić information content (AvgIpc) is 3.17. The number of morpholine rings is 1. The SMILES string of the molecule is CC(C)c1nn(C)c(N2CCOCC2)c1CN[C@@H]1C=C[C@H](CO)C1. The highest BCUT2D eigenvalue weighted by Gasteiger charge is 2.25. The van der Waals surface area contributed by atoms with Crippen LogP contribution in [0.1, 0.15) is 37.4 Å². The van der Waals surface area contributed by atoms with Gasteiger partial charge in [0.25, 0.3) is 0 Å². The van der Waals surface area contributed by atoms with Gasteiger partial charge in [-0.1, -0.05) is 26.0 Å². The molecule has 1 aliphatic heterocycles. The molecule has 2 heterocycles. The maximum Gasteiger partial charge on any atom is 0.131 e. The van der Waals surface area contributed by atoms with Gasteiger partial charge < -0.3 is 20.1 Å². The highest BCUT2D eigenvalue weighted by molar-refractivity contribution is 5.51. The van der Waals surface area contributed by atoms with Crippen molar-refractivity contribution in [3.8, 4) is 0 Å². The number of hydrogen-bond donors (Lipinski definition) is 2. The lowest BCUT2D eigenvalue weighted by Gasteiger charge is -2.30. The number of nitrogens with zero attached hydrogens (tertiary/aromatic N) is 3.